The van der Waals surface area contributed by atoms with Gasteiger partial charge in [0.05, 0.1) is 18.6 Å². The number of carbonyl (C=O) groups excluding carboxylic acids is 2. The van der Waals surface area contributed by atoms with Crippen molar-refractivity contribution >= 4 is 40.4 Å². The number of amidine groups is 1. The molecule has 4 rings (SSSR count). The summed E-state index contributed by atoms with van der Waals surface area (Å²) in [6.07, 6.45) is 2.52. The van der Waals surface area contributed by atoms with Gasteiger partial charge in [0.25, 0.3) is 5.91 Å². The molecule has 0 saturated carbocycles. The van der Waals surface area contributed by atoms with E-state index in [2.05, 4.69) is 9.73 Å². The lowest BCUT2D eigenvalue weighted by Crippen LogP contribution is -2.30. The van der Waals surface area contributed by atoms with Gasteiger partial charge in [-0.1, -0.05) is 55.1 Å². The number of ketones is 1. The smallest absolute Gasteiger partial charge is 0.387 e. The number of alkyl halides is 2. The molecule has 1 aliphatic heterocycles. The van der Waals surface area contributed by atoms with Crippen molar-refractivity contribution in [1.29, 1.82) is 0 Å². The number of aliphatic imine (C=N–C) groups is 1. The number of halogens is 2. The highest BCUT2D eigenvalue weighted by Crippen LogP contribution is 2.31. The molecule has 1 heterocycles. The monoisotopic (exact) mass is 522 g/mol. The van der Waals surface area contributed by atoms with Crippen LogP contribution in [0.3, 0.4) is 0 Å². The zero-order valence-electron chi connectivity index (χ0n) is 20.2. The van der Waals surface area contributed by atoms with Crippen LogP contribution in [0.1, 0.15) is 28.4 Å². The first-order chi connectivity index (χ1) is 17.9. The second-order valence-corrected chi connectivity index (χ2v) is 8.91. The first kappa shape index (κ1) is 26.1. The van der Waals surface area contributed by atoms with Crippen LogP contribution in [0.15, 0.2) is 83.5 Å². The Morgan fingerprint density at radius 3 is 2.24 bits per heavy atom. The van der Waals surface area contributed by atoms with Crippen molar-refractivity contribution in [3.63, 3.8) is 0 Å². The average molecular weight is 523 g/mol. The van der Waals surface area contributed by atoms with Crippen molar-refractivity contribution in [2.75, 3.05) is 17.8 Å². The molecule has 0 aliphatic carbocycles. The van der Waals surface area contributed by atoms with E-state index in [1.165, 1.54) is 29.2 Å². The van der Waals surface area contributed by atoms with Gasteiger partial charge in [0.2, 0.25) is 0 Å². The van der Waals surface area contributed by atoms with Crippen molar-refractivity contribution < 1.29 is 27.8 Å². The predicted octanol–water partition coefficient (Wildman–Crippen LogP) is 6.22. The summed E-state index contributed by atoms with van der Waals surface area (Å²) in [5.41, 5.74) is 3.04. The Kier molecular flexibility index (Phi) is 8.35. The van der Waals surface area contributed by atoms with Crippen LogP contribution in [0.25, 0.3) is 6.08 Å². The summed E-state index contributed by atoms with van der Waals surface area (Å²) in [4.78, 5) is 32.0. The molecule has 0 N–H and O–H groups in total. The Labute approximate surface area is 217 Å². The zero-order valence-corrected chi connectivity index (χ0v) is 21.0. The zero-order chi connectivity index (χ0) is 26.4. The summed E-state index contributed by atoms with van der Waals surface area (Å²) < 4.78 is 34.7. The highest BCUT2D eigenvalue weighted by Gasteiger charge is 2.32. The van der Waals surface area contributed by atoms with E-state index in [4.69, 9.17) is 4.74 Å². The minimum absolute atomic E-state index is 0.0313. The number of Topliss-reactive ketones (excluding diaryl/α,β-unsaturated/α-hetero) is 1. The summed E-state index contributed by atoms with van der Waals surface area (Å²) in [5, 5.41) is 0.311. The molecule has 1 amide bonds. The summed E-state index contributed by atoms with van der Waals surface area (Å²) in [7, 11) is 1.57. The highest BCUT2D eigenvalue weighted by atomic mass is 32.2. The number of amides is 1. The quantitative estimate of drug-likeness (QED) is 0.247. The number of hydrogen-bond donors (Lipinski definition) is 0. The maximum Gasteiger partial charge on any atom is 0.387 e. The fourth-order valence-electron chi connectivity index (χ4n) is 3.60. The number of benzene rings is 3. The lowest BCUT2D eigenvalue weighted by atomic mass is 10.1. The van der Waals surface area contributed by atoms with Gasteiger partial charge in [0.15, 0.2) is 11.0 Å². The summed E-state index contributed by atoms with van der Waals surface area (Å²) in [6, 6.07) is 20.2. The van der Waals surface area contributed by atoms with Gasteiger partial charge in [-0.05, 0) is 60.0 Å². The molecule has 0 bridgehead atoms. The largest absolute Gasteiger partial charge is 0.497 e. The molecule has 0 radical (unpaired) electrons. The molecule has 3 aromatic rings. The van der Waals surface area contributed by atoms with Crippen LogP contribution >= 0.6 is 11.8 Å². The van der Waals surface area contributed by atoms with Gasteiger partial charge in [-0.2, -0.15) is 8.78 Å². The molecule has 0 atom stereocenters. The number of methoxy groups -OCH3 is 1. The van der Waals surface area contributed by atoms with E-state index in [9.17, 15) is 18.4 Å². The van der Waals surface area contributed by atoms with E-state index >= 15 is 0 Å². The lowest BCUT2D eigenvalue weighted by molar-refractivity contribution is -0.113. The summed E-state index contributed by atoms with van der Waals surface area (Å²) in [6.45, 7) is -0.914. The van der Waals surface area contributed by atoms with Gasteiger partial charge in [0.1, 0.15) is 17.2 Å². The molecule has 0 spiro atoms. The van der Waals surface area contributed by atoms with E-state index in [1.807, 2.05) is 19.1 Å². The second-order valence-electron chi connectivity index (χ2n) is 7.97. The Morgan fingerprint density at radius 2 is 1.65 bits per heavy atom. The number of hydrogen-bond acceptors (Lipinski definition) is 6. The Balaban J connectivity index is 1.60. The fourth-order valence-corrected chi connectivity index (χ4v) is 4.50. The second kappa shape index (κ2) is 11.8. The molecule has 37 heavy (non-hydrogen) atoms. The Bertz CT molecular complexity index is 1320. The molecule has 3 aromatic carbocycles. The highest BCUT2D eigenvalue weighted by molar-refractivity contribution is 8.14. The minimum Gasteiger partial charge on any atom is -0.497 e. The minimum atomic E-state index is -2.96. The maximum atomic E-state index is 13.4. The third kappa shape index (κ3) is 6.42. The molecular formula is C28H24F2N2O4S. The van der Waals surface area contributed by atoms with E-state index in [-0.39, 0.29) is 23.0 Å². The van der Waals surface area contributed by atoms with Crippen LogP contribution in [0.5, 0.6) is 11.5 Å². The van der Waals surface area contributed by atoms with Gasteiger partial charge in [0, 0.05) is 5.56 Å². The van der Waals surface area contributed by atoms with Crippen molar-refractivity contribution in [1.82, 2.24) is 0 Å². The maximum absolute atomic E-state index is 13.4. The van der Waals surface area contributed by atoms with Crippen molar-refractivity contribution in [2.45, 2.75) is 20.0 Å². The molecule has 9 heteroatoms. The number of thioether (sulfide) groups is 1. The van der Waals surface area contributed by atoms with Gasteiger partial charge in [-0.25, -0.2) is 4.99 Å². The first-order valence-electron chi connectivity index (χ1n) is 11.5. The molecule has 0 unspecified atom stereocenters. The van der Waals surface area contributed by atoms with Crippen molar-refractivity contribution in [3.05, 3.63) is 95.2 Å². The van der Waals surface area contributed by atoms with Gasteiger partial charge < -0.3 is 9.47 Å². The standard InChI is InChI=1S/C28H24F2N2O4S/c1-3-18-4-8-20(9-5-18)25(33)17-37-28-31-24(16-19-6-12-22(35-2)13-7-19)26(34)32(28)21-10-14-23(15-11-21)36-27(29)30/h4-16,27H,3,17H2,1-2H3/b24-16+. The topological polar surface area (TPSA) is 68.2 Å². The predicted molar refractivity (Wildman–Crippen MR) is 142 cm³/mol. The van der Waals surface area contributed by atoms with E-state index in [1.54, 1.807) is 49.6 Å². The van der Waals surface area contributed by atoms with Crippen LogP contribution < -0.4 is 14.4 Å². The number of anilines is 1. The van der Waals surface area contributed by atoms with Crippen LogP contribution in [-0.4, -0.2) is 36.3 Å². The van der Waals surface area contributed by atoms with Crippen LogP contribution in [0.2, 0.25) is 0 Å². The van der Waals surface area contributed by atoms with Crippen LogP contribution in [0.4, 0.5) is 14.5 Å². The lowest BCUT2D eigenvalue weighted by Gasteiger charge is -2.18. The molecule has 0 fully saturated rings. The van der Waals surface area contributed by atoms with E-state index < -0.39 is 12.5 Å². The molecule has 0 aromatic heterocycles. The van der Waals surface area contributed by atoms with Gasteiger partial charge in [-0.3, -0.25) is 14.5 Å². The molecule has 190 valence electrons. The average Bonchev–Trinajstić information content (AvgIpc) is 3.22. The number of aryl methyl sites for hydroxylation is 1. The van der Waals surface area contributed by atoms with Gasteiger partial charge in [-0.15, -0.1) is 0 Å². The van der Waals surface area contributed by atoms with E-state index in [0.29, 0.717) is 22.2 Å². The number of ether oxygens (including phenoxy) is 2. The molecule has 1 aliphatic rings. The number of carbonyl (C=O) groups is 2. The van der Waals surface area contributed by atoms with Crippen molar-refractivity contribution in [3.8, 4) is 11.5 Å². The molecule has 6 nitrogen and oxygen atoms in total. The first-order valence-corrected chi connectivity index (χ1v) is 12.4. The van der Waals surface area contributed by atoms with E-state index in [0.717, 1.165) is 29.3 Å². The number of rotatable bonds is 9. The SMILES string of the molecule is CCc1ccc(C(=O)CSC2=N/C(=C/c3ccc(OC)cc3)C(=O)N2c2ccc(OC(F)F)cc2)cc1. The van der Waals surface area contributed by atoms with Crippen LogP contribution in [0, 0.1) is 0 Å². The van der Waals surface area contributed by atoms with Gasteiger partial charge >= 0.3 is 6.61 Å². The Hall–Kier alpha value is -3.98. The normalized spacial score (nSPS) is 14.3. The van der Waals surface area contributed by atoms with Crippen molar-refractivity contribution in [2.24, 2.45) is 4.99 Å². The Morgan fingerprint density at radius 1 is 1.00 bits per heavy atom. The summed E-state index contributed by atoms with van der Waals surface area (Å²) in [5.74, 6) is 0.210. The fraction of sp³-hybridized carbons (Fsp3) is 0.179. The summed E-state index contributed by atoms with van der Waals surface area (Å²) >= 11 is 1.13. The molecule has 0 saturated heterocycles. The third-order valence-corrected chi connectivity index (χ3v) is 6.52. The number of nitrogens with zero attached hydrogens (tertiary/aromatic N) is 2. The third-order valence-electron chi connectivity index (χ3n) is 5.59. The van der Waals surface area contributed by atoms with Crippen LogP contribution in [-0.2, 0) is 11.2 Å². The molecular weight excluding hydrogens is 498 g/mol.